The van der Waals surface area contributed by atoms with Crippen LogP contribution in [0.3, 0.4) is 0 Å². The Bertz CT molecular complexity index is 588. The second-order valence-electron chi connectivity index (χ2n) is 5.81. The first-order chi connectivity index (χ1) is 10.9. The summed E-state index contributed by atoms with van der Waals surface area (Å²) < 4.78 is 13.9. The van der Waals surface area contributed by atoms with E-state index in [0.717, 1.165) is 12.8 Å². The number of nitrogens with zero attached hydrogens (tertiary/aromatic N) is 3. The molecule has 0 spiro atoms. The third-order valence-electron chi connectivity index (χ3n) is 4.24. The molecule has 0 aliphatic carbocycles. The van der Waals surface area contributed by atoms with Gasteiger partial charge in [0.1, 0.15) is 5.82 Å². The van der Waals surface area contributed by atoms with Gasteiger partial charge >= 0.3 is 5.97 Å². The van der Waals surface area contributed by atoms with Crippen LogP contribution in [-0.2, 0) is 11.3 Å². The van der Waals surface area contributed by atoms with Crippen molar-refractivity contribution in [1.29, 1.82) is 0 Å². The number of hydrogen-bond donors (Lipinski definition) is 1. The van der Waals surface area contributed by atoms with Gasteiger partial charge in [-0.1, -0.05) is 6.07 Å². The molecular weight excluding hydrogens is 305 g/mol. The van der Waals surface area contributed by atoms with Crippen molar-refractivity contribution in [2.45, 2.75) is 25.4 Å². The summed E-state index contributed by atoms with van der Waals surface area (Å²) in [6.45, 7) is 1.49. The van der Waals surface area contributed by atoms with Gasteiger partial charge in [-0.3, -0.25) is 24.7 Å². The van der Waals surface area contributed by atoms with Gasteiger partial charge in [-0.15, -0.1) is 0 Å². The third-order valence-corrected chi connectivity index (χ3v) is 4.24. The number of piperidine rings is 1. The van der Waals surface area contributed by atoms with Crippen LogP contribution in [0.4, 0.5) is 10.1 Å². The Labute approximate surface area is 133 Å². The second kappa shape index (κ2) is 7.47. The summed E-state index contributed by atoms with van der Waals surface area (Å²) in [6, 6.07) is 4.05. The van der Waals surface area contributed by atoms with Crippen LogP contribution in [0.2, 0.25) is 0 Å². The van der Waals surface area contributed by atoms with Gasteiger partial charge in [-0.25, -0.2) is 4.39 Å². The molecule has 1 aromatic rings. The van der Waals surface area contributed by atoms with Crippen molar-refractivity contribution in [1.82, 2.24) is 9.80 Å². The Morgan fingerprint density at radius 2 is 2.13 bits per heavy atom. The molecule has 0 amide bonds. The third kappa shape index (κ3) is 4.46. The first-order valence-electron chi connectivity index (χ1n) is 7.44. The molecule has 1 aliphatic heterocycles. The Hall–Kier alpha value is -2.06. The molecule has 0 unspecified atom stereocenters. The number of likely N-dealkylation sites (N-methyl/N-ethyl adjacent to an activating group) is 1. The molecule has 2 rings (SSSR count). The fraction of sp³-hybridized carbons (Fsp3) is 0.533. The minimum atomic E-state index is -0.864. The van der Waals surface area contributed by atoms with E-state index in [2.05, 4.69) is 0 Å². The Morgan fingerprint density at radius 1 is 1.48 bits per heavy atom. The van der Waals surface area contributed by atoms with E-state index in [9.17, 15) is 19.3 Å². The molecule has 7 nitrogen and oxygen atoms in total. The number of carboxylic acid groups (broad SMARTS) is 1. The fourth-order valence-corrected chi connectivity index (χ4v) is 2.96. The summed E-state index contributed by atoms with van der Waals surface area (Å²) in [5.74, 6) is -1.43. The van der Waals surface area contributed by atoms with Crippen molar-refractivity contribution < 1.29 is 19.2 Å². The lowest BCUT2D eigenvalue weighted by atomic mass is 10.0. The lowest BCUT2D eigenvalue weighted by Crippen LogP contribution is -2.44. The lowest BCUT2D eigenvalue weighted by Gasteiger charge is -2.36. The molecule has 1 saturated heterocycles. The number of rotatable bonds is 6. The number of hydrogen-bond acceptors (Lipinski definition) is 5. The number of likely N-dealkylation sites (tertiary alicyclic amines) is 1. The molecule has 1 fully saturated rings. The minimum Gasteiger partial charge on any atom is -0.480 e. The van der Waals surface area contributed by atoms with Gasteiger partial charge in [0.15, 0.2) is 0 Å². The van der Waals surface area contributed by atoms with E-state index in [-0.39, 0.29) is 30.4 Å². The molecule has 23 heavy (non-hydrogen) atoms. The van der Waals surface area contributed by atoms with Crippen LogP contribution in [0, 0.1) is 15.9 Å². The van der Waals surface area contributed by atoms with E-state index in [1.807, 2.05) is 4.90 Å². The van der Waals surface area contributed by atoms with Crippen molar-refractivity contribution in [3.05, 3.63) is 39.7 Å². The number of aliphatic carboxylic acids is 1. The molecule has 0 aromatic heterocycles. The van der Waals surface area contributed by atoms with Crippen molar-refractivity contribution in [2.75, 3.05) is 26.7 Å². The van der Waals surface area contributed by atoms with E-state index in [1.165, 1.54) is 18.2 Å². The van der Waals surface area contributed by atoms with Crippen LogP contribution in [0.1, 0.15) is 18.4 Å². The molecule has 8 heteroatoms. The zero-order valence-corrected chi connectivity index (χ0v) is 12.9. The summed E-state index contributed by atoms with van der Waals surface area (Å²) in [5.41, 5.74) is -0.0926. The molecule has 1 N–H and O–H groups in total. The number of nitro groups is 1. The number of nitro benzene ring substituents is 1. The number of halogens is 1. The molecule has 1 aliphatic rings. The smallest absolute Gasteiger partial charge is 0.317 e. The highest BCUT2D eigenvalue weighted by Gasteiger charge is 2.26. The minimum absolute atomic E-state index is 0.0105. The highest BCUT2D eigenvalue weighted by atomic mass is 19.1. The summed E-state index contributed by atoms with van der Waals surface area (Å²) in [6.07, 6.45) is 1.51. The molecule has 1 heterocycles. The Kier molecular flexibility index (Phi) is 5.62. The van der Waals surface area contributed by atoms with Gasteiger partial charge in [-0.2, -0.15) is 0 Å². The maximum Gasteiger partial charge on any atom is 0.317 e. The molecular formula is C15H20FN3O4. The van der Waals surface area contributed by atoms with Crippen molar-refractivity contribution in [2.24, 2.45) is 0 Å². The van der Waals surface area contributed by atoms with Crippen LogP contribution in [-0.4, -0.2) is 58.5 Å². The first-order valence-corrected chi connectivity index (χ1v) is 7.44. The topological polar surface area (TPSA) is 86.9 Å². The van der Waals surface area contributed by atoms with E-state index in [0.29, 0.717) is 13.1 Å². The summed E-state index contributed by atoms with van der Waals surface area (Å²) in [4.78, 5) is 25.0. The quantitative estimate of drug-likeness (QED) is 0.633. The SMILES string of the molecule is CN(CC(=O)O)C1CCN(Cc2c(F)cccc2[N+](=O)[O-])CC1. The predicted molar refractivity (Wildman–Crippen MR) is 81.6 cm³/mol. The van der Waals surface area contributed by atoms with Crippen molar-refractivity contribution in [3.63, 3.8) is 0 Å². The zero-order chi connectivity index (χ0) is 17.0. The maximum absolute atomic E-state index is 13.9. The van der Waals surface area contributed by atoms with E-state index >= 15 is 0 Å². The van der Waals surface area contributed by atoms with Gasteiger partial charge in [0.2, 0.25) is 0 Å². The van der Waals surface area contributed by atoms with Gasteiger partial charge in [0, 0.05) is 18.7 Å². The standard InChI is InChI=1S/C15H20FN3O4/c1-17(10-15(20)21)11-5-7-18(8-6-11)9-12-13(16)3-2-4-14(12)19(22)23/h2-4,11H,5-10H2,1H3,(H,20,21). The van der Waals surface area contributed by atoms with Crippen LogP contribution in [0.25, 0.3) is 0 Å². The normalized spacial score (nSPS) is 16.7. The Morgan fingerprint density at radius 3 is 2.70 bits per heavy atom. The van der Waals surface area contributed by atoms with Crippen LogP contribution in [0.15, 0.2) is 18.2 Å². The summed E-state index contributed by atoms with van der Waals surface area (Å²) >= 11 is 0. The average Bonchev–Trinajstić information content (AvgIpc) is 2.49. The molecule has 0 bridgehead atoms. The zero-order valence-electron chi connectivity index (χ0n) is 12.9. The van der Waals surface area contributed by atoms with E-state index < -0.39 is 16.7 Å². The molecule has 1 aromatic carbocycles. The van der Waals surface area contributed by atoms with Gasteiger partial charge in [0.05, 0.1) is 17.0 Å². The predicted octanol–water partition coefficient (Wildman–Crippen LogP) is 1.71. The largest absolute Gasteiger partial charge is 0.480 e. The Balaban J connectivity index is 1.97. The van der Waals surface area contributed by atoms with Crippen molar-refractivity contribution >= 4 is 11.7 Å². The summed E-state index contributed by atoms with van der Waals surface area (Å²) in [7, 11) is 1.77. The molecule has 126 valence electrons. The number of carboxylic acids is 1. The summed E-state index contributed by atoms with van der Waals surface area (Å²) in [5, 5.41) is 19.8. The lowest BCUT2D eigenvalue weighted by molar-refractivity contribution is -0.386. The van der Waals surface area contributed by atoms with Crippen LogP contribution < -0.4 is 0 Å². The van der Waals surface area contributed by atoms with Crippen LogP contribution in [0.5, 0.6) is 0 Å². The van der Waals surface area contributed by atoms with E-state index in [1.54, 1.807) is 11.9 Å². The fourth-order valence-electron chi connectivity index (χ4n) is 2.96. The average molecular weight is 325 g/mol. The monoisotopic (exact) mass is 325 g/mol. The highest BCUT2D eigenvalue weighted by Crippen LogP contribution is 2.25. The van der Waals surface area contributed by atoms with Crippen molar-refractivity contribution in [3.8, 4) is 0 Å². The number of benzene rings is 1. The van der Waals surface area contributed by atoms with E-state index in [4.69, 9.17) is 5.11 Å². The molecule has 0 atom stereocenters. The van der Waals surface area contributed by atoms with Gasteiger partial charge < -0.3 is 5.11 Å². The highest BCUT2D eigenvalue weighted by molar-refractivity contribution is 5.69. The molecule has 0 radical (unpaired) electrons. The molecule has 0 saturated carbocycles. The maximum atomic E-state index is 13.9. The van der Waals surface area contributed by atoms with Crippen LogP contribution >= 0.6 is 0 Å². The second-order valence-corrected chi connectivity index (χ2v) is 5.81. The van der Waals surface area contributed by atoms with Gasteiger partial charge in [0.25, 0.3) is 5.69 Å². The number of carbonyl (C=O) groups is 1. The first kappa shape index (κ1) is 17.3. The van der Waals surface area contributed by atoms with Gasteiger partial charge in [-0.05, 0) is 39.0 Å².